The summed E-state index contributed by atoms with van der Waals surface area (Å²) in [5.41, 5.74) is 2.15. The van der Waals surface area contributed by atoms with E-state index in [-0.39, 0.29) is 11.9 Å². The van der Waals surface area contributed by atoms with Crippen LogP contribution in [-0.4, -0.2) is 19.1 Å². The smallest absolute Gasteiger partial charge is 0.261 e. The van der Waals surface area contributed by atoms with Gasteiger partial charge in [0, 0.05) is 6.42 Å². The van der Waals surface area contributed by atoms with Crippen molar-refractivity contribution in [2.75, 3.05) is 7.11 Å². The maximum Gasteiger partial charge on any atom is 0.261 e. The molecule has 1 aliphatic rings. The average molecular weight is 311 g/mol. The van der Waals surface area contributed by atoms with E-state index in [1.165, 1.54) is 0 Å². The van der Waals surface area contributed by atoms with Gasteiger partial charge >= 0.3 is 0 Å². The number of hydrogen-bond donors (Lipinski definition) is 1. The minimum atomic E-state index is -0.445. The quantitative estimate of drug-likeness (QED) is 0.922. The summed E-state index contributed by atoms with van der Waals surface area (Å²) < 4.78 is 10.9. The fourth-order valence-corrected chi connectivity index (χ4v) is 2.85. The van der Waals surface area contributed by atoms with Crippen molar-refractivity contribution in [2.45, 2.75) is 31.9 Å². The van der Waals surface area contributed by atoms with Crippen molar-refractivity contribution in [2.24, 2.45) is 0 Å². The van der Waals surface area contributed by atoms with E-state index in [1.807, 2.05) is 48.5 Å². The second-order valence-corrected chi connectivity index (χ2v) is 5.66. The number of carbonyl (C=O) groups is 1. The molecule has 0 aliphatic carbocycles. The van der Waals surface area contributed by atoms with E-state index >= 15 is 0 Å². The van der Waals surface area contributed by atoms with Crippen LogP contribution >= 0.6 is 0 Å². The van der Waals surface area contributed by atoms with Crippen LogP contribution in [0.1, 0.15) is 30.5 Å². The van der Waals surface area contributed by atoms with E-state index in [9.17, 15) is 4.79 Å². The Morgan fingerprint density at radius 3 is 2.65 bits per heavy atom. The Morgan fingerprint density at radius 1 is 1.26 bits per heavy atom. The molecular formula is C19H21NO3. The summed E-state index contributed by atoms with van der Waals surface area (Å²) in [6, 6.07) is 15.6. The van der Waals surface area contributed by atoms with Crippen molar-refractivity contribution in [1.29, 1.82) is 0 Å². The lowest BCUT2D eigenvalue weighted by Gasteiger charge is -2.20. The number of amides is 1. The zero-order chi connectivity index (χ0) is 16.2. The summed E-state index contributed by atoms with van der Waals surface area (Å²) in [5.74, 6) is 1.55. The molecule has 4 nitrogen and oxygen atoms in total. The molecule has 1 amide bonds. The van der Waals surface area contributed by atoms with Gasteiger partial charge in [0.1, 0.15) is 11.5 Å². The molecule has 120 valence electrons. The molecule has 0 radical (unpaired) electrons. The highest BCUT2D eigenvalue weighted by molar-refractivity contribution is 5.83. The number of carbonyl (C=O) groups excluding carboxylic acids is 1. The normalized spacial score (nSPS) is 17.0. The lowest BCUT2D eigenvalue weighted by molar-refractivity contribution is -0.128. The fourth-order valence-electron chi connectivity index (χ4n) is 2.85. The number of benzene rings is 2. The molecule has 0 bridgehead atoms. The van der Waals surface area contributed by atoms with Crippen LogP contribution in [0.5, 0.6) is 11.5 Å². The van der Waals surface area contributed by atoms with Crippen LogP contribution in [0.2, 0.25) is 0 Å². The summed E-state index contributed by atoms with van der Waals surface area (Å²) in [4.78, 5) is 12.5. The molecule has 0 aromatic heterocycles. The number of nitrogens with one attached hydrogen (secondary N) is 1. The first-order valence-corrected chi connectivity index (χ1v) is 7.90. The Kier molecular flexibility index (Phi) is 4.51. The molecule has 0 saturated heterocycles. The molecule has 2 unspecified atom stereocenters. The molecule has 2 atom stereocenters. The van der Waals surface area contributed by atoms with Crippen LogP contribution in [0.4, 0.5) is 0 Å². The molecule has 4 heteroatoms. The van der Waals surface area contributed by atoms with E-state index in [1.54, 1.807) is 7.11 Å². The number of ether oxygens (including phenoxy) is 2. The third-order valence-electron chi connectivity index (χ3n) is 4.18. The Morgan fingerprint density at radius 2 is 2.00 bits per heavy atom. The fraction of sp³-hybridized carbons (Fsp3) is 0.316. The molecule has 1 heterocycles. The molecule has 2 aromatic rings. The van der Waals surface area contributed by atoms with Crippen LogP contribution in [0.3, 0.4) is 0 Å². The lowest BCUT2D eigenvalue weighted by atomic mass is 10.0. The highest BCUT2D eigenvalue weighted by Crippen LogP contribution is 2.29. The van der Waals surface area contributed by atoms with E-state index in [0.717, 1.165) is 29.0 Å². The van der Waals surface area contributed by atoms with Crippen LogP contribution in [-0.2, 0) is 11.2 Å². The summed E-state index contributed by atoms with van der Waals surface area (Å²) >= 11 is 0. The Balaban J connectivity index is 1.66. The zero-order valence-corrected chi connectivity index (χ0v) is 13.4. The van der Waals surface area contributed by atoms with Gasteiger partial charge in [-0.25, -0.2) is 0 Å². The third-order valence-corrected chi connectivity index (χ3v) is 4.18. The first-order valence-electron chi connectivity index (χ1n) is 7.90. The molecule has 0 spiro atoms. The van der Waals surface area contributed by atoms with Gasteiger partial charge in [0.05, 0.1) is 13.2 Å². The number of hydrogen-bond acceptors (Lipinski definition) is 3. The first-order chi connectivity index (χ1) is 11.2. The summed E-state index contributed by atoms with van der Waals surface area (Å²) in [6.07, 6.45) is 0.999. The van der Waals surface area contributed by atoms with Crippen LogP contribution in [0, 0.1) is 0 Å². The van der Waals surface area contributed by atoms with Gasteiger partial charge in [0.25, 0.3) is 5.91 Å². The Hall–Kier alpha value is -2.49. The van der Waals surface area contributed by atoms with Gasteiger partial charge in [-0.15, -0.1) is 0 Å². The van der Waals surface area contributed by atoms with Gasteiger partial charge in [-0.3, -0.25) is 4.79 Å². The predicted molar refractivity (Wildman–Crippen MR) is 88.7 cm³/mol. The highest BCUT2D eigenvalue weighted by atomic mass is 16.5. The van der Waals surface area contributed by atoms with Crippen molar-refractivity contribution in [3.63, 3.8) is 0 Å². The topological polar surface area (TPSA) is 47.6 Å². The average Bonchev–Trinajstić information content (AvgIpc) is 3.04. The number of para-hydroxylation sites is 1. The monoisotopic (exact) mass is 311 g/mol. The molecule has 23 heavy (non-hydrogen) atoms. The maximum atomic E-state index is 12.5. The third kappa shape index (κ3) is 3.31. The molecule has 2 aromatic carbocycles. The minimum Gasteiger partial charge on any atom is -0.497 e. The summed E-state index contributed by atoms with van der Waals surface area (Å²) in [7, 11) is 1.64. The largest absolute Gasteiger partial charge is 0.497 e. The van der Waals surface area contributed by atoms with Crippen LogP contribution in [0.15, 0.2) is 48.5 Å². The van der Waals surface area contributed by atoms with Crippen molar-refractivity contribution < 1.29 is 14.3 Å². The molecule has 3 rings (SSSR count). The SMILES string of the molecule is CCC(NC(=O)C1Cc2ccccc2O1)c1ccc(OC)cc1. The number of methoxy groups -OCH3 is 1. The van der Waals surface area contributed by atoms with Crippen molar-refractivity contribution in [3.8, 4) is 11.5 Å². The van der Waals surface area contributed by atoms with E-state index in [4.69, 9.17) is 9.47 Å². The Labute approximate surface area is 136 Å². The van der Waals surface area contributed by atoms with Gasteiger partial charge in [-0.1, -0.05) is 37.3 Å². The Bertz CT molecular complexity index is 656. The molecular weight excluding hydrogens is 290 g/mol. The van der Waals surface area contributed by atoms with Gasteiger partial charge in [0.15, 0.2) is 6.10 Å². The second kappa shape index (κ2) is 6.73. The zero-order valence-electron chi connectivity index (χ0n) is 13.4. The van der Waals surface area contributed by atoms with Gasteiger partial charge < -0.3 is 14.8 Å². The number of fused-ring (bicyclic) bond motifs is 1. The molecule has 0 fully saturated rings. The minimum absolute atomic E-state index is 0.0271. The van der Waals surface area contributed by atoms with Gasteiger partial charge in [-0.2, -0.15) is 0 Å². The first kappa shape index (κ1) is 15.4. The molecule has 1 aliphatic heterocycles. The predicted octanol–water partition coefficient (Wildman–Crippen LogP) is 3.27. The second-order valence-electron chi connectivity index (χ2n) is 5.66. The van der Waals surface area contributed by atoms with Crippen LogP contribution in [0.25, 0.3) is 0 Å². The molecule has 1 N–H and O–H groups in total. The van der Waals surface area contributed by atoms with Gasteiger partial charge in [0.2, 0.25) is 0 Å². The van der Waals surface area contributed by atoms with Crippen molar-refractivity contribution in [1.82, 2.24) is 5.32 Å². The molecule has 0 saturated carbocycles. The summed E-state index contributed by atoms with van der Waals surface area (Å²) in [5, 5.41) is 3.09. The van der Waals surface area contributed by atoms with Crippen molar-refractivity contribution >= 4 is 5.91 Å². The highest BCUT2D eigenvalue weighted by Gasteiger charge is 2.30. The summed E-state index contributed by atoms with van der Waals surface area (Å²) in [6.45, 7) is 2.05. The lowest BCUT2D eigenvalue weighted by Crippen LogP contribution is -2.39. The van der Waals surface area contributed by atoms with Crippen molar-refractivity contribution in [3.05, 3.63) is 59.7 Å². The van der Waals surface area contributed by atoms with E-state index in [0.29, 0.717) is 6.42 Å². The van der Waals surface area contributed by atoms with E-state index < -0.39 is 6.10 Å². The standard InChI is InChI=1S/C19H21NO3/c1-3-16(13-8-10-15(22-2)11-9-13)20-19(21)18-12-14-6-4-5-7-17(14)23-18/h4-11,16,18H,3,12H2,1-2H3,(H,20,21). The van der Waals surface area contributed by atoms with Gasteiger partial charge in [-0.05, 0) is 35.7 Å². The van der Waals surface area contributed by atoms with E-state index in [2.05, 4.69) is 12.2 Å². The maximum absolute atomic E-state index is 12.5. The van der Waals surface area contributed by atoms with Crippen LogP contribution < -0.4 is 14.8 Å². The number of rotatable bonds is 5.